The van der Waals surface area contributed by atoms with Crippen LogP contribution in [-0.4, -0.2) is 119 Å². The summed E-state index contributed by atoms with van der Waals surface area (Å²) in [6, 6.07) is 3.92. The molecule has 1 atom stereocenters. The molecule has 2 fully saturated rings. The van der Waals surface area contributed by atoms with E-state index in [2.05, 4.69) is 19.0 Å². The molecule has 0 radical (unpaired) electrons. The van der Waals surface area contributed by atoms with Gasteiger partial charge in [0.25, 0.3) is 0 Å². The summed E-state index contributed by atoms with van der Waals surface area (Å²) in [6.07, 6.45) is 5.35. The third-order valence-electron chi connectivity index (χ3n) is 8.54. The van der Waals surface area contributed by atoms with E-state index in [1.54, 1.807) is 45.0 Å². The van der Waals surface area contributed by atoms with Crippen molar-refractivity contribution in [2.75, 3.05) is 68.1 Å². The van der Waals surface area contributed by atoms with Crippen LogP contribution in [0.25, 0.3) is 0 Å². The summed E-state index contributed by atoms with van der Waals surface area (Å²) < 4.78 is 38.4. The van der Waals surface area contributed by atoms with Gasteiger partial charge in [0.05, 0.1) is 18.6 Å². The molecule has 1 heterocycles. The van der Waals surface area contributed by atoms with E-state index >= 15 is 0 Å². The highest BCUT2D eigenvalue weighted by Gasteiger charge is 2.34. The molecule has 1 aliphatic carbocycles. The highest BCUT2D eigenvalue weighted by Crippen LogP contribution is 2.30. The summed E-state index contributed by atoms with van der Waals surface area (Å²) in [6.45, 7) is 5.27. The van der Waals surface area contributed by atoms with E-state index in [9.17, 15) is 18.0 Å². The van der Waals surface area contributed by atoms with E-state index in [4.69, 9.17) is 9.47 Å². The van der Waals surface area contributed by atoms with Crippen LogP contribution in [0.5, 0.6) is 5.75 Å². The van der Waals surface area contributed by atoms with Crippen molar-refractivity contribution >= 4 is 21.8 Å². The molecule has 1 saturated carbocycles. The van der Waals surface area contributed by atoms with E-state index < -0.39 is 10.0 Å². The second kappa shape index (κ2) is 14.1. The largest absolute Gasteiger partial charge is 0.497 e. The minimum absolute atomic E-state index is 0.0346. The Morgan fingerprint density at radius 2 is 1.60 bits per heavy atom. The zero-order valence-corrected chi connectivity index (χ0v) is 26.1. The van der Waals surface area contributed by atoms with Crippen LogP contribution in [0.4, 0.5) is 0 Å². The van der Waals surface area contributed by atoms with Gasteiger partial charge in [-0.05, 0) is 89.7 Å². The second-order valence-electron chi connectivity index (χ2n) is 11.5. The molecule has 0 unspecified atom stereocenters. The average Bonchev–Trinajstić information content (AvgIpc) is 2.93. The first-order valence-corrected chi connectivity index (χ1v) is 15.7. The van der Waals surface area contributed by atoms with Gasteiger partial charge in [-0.25, -0.2) is 8.42 Å². The van der Waals surface area contributed by atoms with Gasteiger partial charge in [0, 0.05) is 51.7 Å². The zero-order valence-electron chi connectivity index (χ0n) is 25.3. The maximum absolute atomic E-state index is 13.2. The summed E-state index contributed by atoms with van der Waals surface area (Å²) in [5, 5.41) is 0. The monoisotopic (exact) mass is 580 g/mol. The average molecular weight is 581 g/mol. The predicted molar refractivity (Wildman–Crippen MR) is 155 cm³/mol. The van der Waals surface area contributed by atoms with Crippen molar-refractivity contribution in [1.29, 1.82) is 0 Å². The van der Waals surface area contributed by atoms with E-state index in [1.165, 1.54) is 11.4 Å². The summed E-state index contributed by atoms with van der Waals surface area (Å²) in [5.41, 5.74) is 1.23. The van der Waals surface area contributed by atoms with Crippen LogP contribution < -0.4 is 4.74 Å². The van der Waals surface area contributed by atoms with Gasteiger partial charge in [-0.3, -0.25) is 9.59 Å². The Hall–Kier alpha value is -2.21. The maximum Gasteiger partial charge on any atom is 0.248 e. The highest BCUT2D eigenvalue weighted by atomic mass is 32.2. The smallest absolute Gasteiger partial charge is 0.248 e. The number of likely N-dealkylation sites (tertiary alicyclic amines) is 1. The third-order valence-corrected chi connectivity index (χ3v) is 10.7. The number of sulfonamides is 1. The Bertz CT molecular complexity index is 1110. The van der Waals surface area contributed by atoms with Crippen LogP contribution in [0.15, 0.2) is 17.0 Å². The molecule has 1 aliphatic heterocycles. The van der Waals surface area contributed by atoms with Gasteiger partial charge in [-0.15, -0.1) is 0 Å². The summed E-state index contributed by atoms with van der Waals surface area (Å²) >= 11 is 0. The van der Waals surface area contributed by atoms with Crippen molar-refractivity contribution in [3.63, 3.8) is 0 Å². The van der Waals surface area contributed by atoms with Crippen LogP contribution in [-0.2, 0) is 24.3 Å². The topological polar surface area (TPSA) is 99.7 Å². The van der Waals surface area contributed by atoms with Crippen molar-refractivity contribution in [3.8, 4) is 5.75 Å². The highest BCUT2D eigenvalue weighted by molar-refractivity contribution is 7.89. The lowest BCUT2D eigenvalue weighted by atomic mass is 9.84. The van der Waals surface area contributed by atoms with Crippen molar-refractivity contribution in [2.45, 2.75) is 69.4 Å². The lowest BCUT2D eigenvalue weighted by molar-refractivity contribution is -0.140. The first kappa shape index (κ1) is 32.3. The molecule has 226 valence electrons. The van der Waals surface area contributed by atoms with Crippen molar-refractivity contribution in [1.82, 2.24) is 19.0 Å². The number of hydrogen-bond donors (Lipinski definition) is 0. The van der Waals surface area contributed by atoms with Gasteiger partial charge >= 0.3 is 0 Å². The van der Waals surface area contributed by atoms with E-state index in [0.29, 0.717) is 22.9 Å². The molecular formula is C29H48N4O6S. The molecule has 1 aromatic carbocycles. The van der Waals surface area contributed by atoms with E-state index in [0.717, 1.165) is 51.6 Å². The lowest BCUT2D eigenvalue weighted by Crippen LogP contribution is -2.50. The predicted octanol–water partition coefficient (Wildman–Crippen LogP) is 2.52. The van der Waals surface area contributed by atoms with Crippen LogP contribution in [0, 0.1) is 19.8 Å². The van der Waals surface area contributed by atoms with Gasteiger partial charge in [0.15, 0.2) is 0 Å². The maximum atomic E-state index is 13.2. The minimum atomic E-state index is -3.72. The molecule has 1 saturated heterocycles. The molecule has 2 amide bonds. The Morgan fingerprint density at radius 1 is 0.975 bits per heavy atom. The third kappa shape index (κ3) is 7.74. The van der Waals surface area contributed by atoms with Crippen molar-refractivity contribution in [2.24, 2.45) is 5.92 Å². The Labute approximate surface area is 240 Å². The summed E-state index contributed by atoms with van der Waals surface area (Å²) in [4.78, 5) is 32.2. The normalized spacial score (nSPS) is 22.0. The standard InChI is InChI=1S/C29H48N4O6S/c1-21-17-26(38-7)18-22(2)28(21)40(36,37)31(5)15-16-39-20-27(34)32(6)24-12-10-23(11-13-24)29(35)33-14-8-9-25(19-33)30(3)4/h17-18,23-25H,8-16,19-20H2,1-7H3/t23-,24+,25-/m0/s1. The molecule has 0 bridgehead atoms. The molecule has 3 rings (SSSR count). The van der Waals surface area contributed by atoms with Gasteiger partial charge in [0.1, 0.15) is 12.4 Å². The van der Waals surface area contributed by atoms with Crippen LogP contribution in [0.2, 0.25) is 0 Å². The molecule has 11 heteroatoms. The number of benzene rings is 1. The van der Waals surface area contributed by atoms with Gasteiger partial charge in [-0.1, -0.05) is 0 Å². The Morgan fingerprint density at radius 3 is 2.17 bits per heavy atom. The SMILES string of the molecule is COc1cc(C)c(S(=O)(=O)N(C)CCOCC(=O)N(C)[C@H]2CC[C@@H](C(=O)N3CCC[C@H](N(C)C)C3)CC2)c(C)c1. The number of piperidine rings is 1. The molecule has 0 spiro atoms. The Kier molecular flexibility index (Phi) is 11.4. The van der Waals surface area contributed by atoms with Gasteiger partial charge < -0.3 is 24.2 Å². The van der Waals surface area contributed by atoms with Crippen molar-refractivity contribution < 1.29 is 27.5 Å². The number of ether oxygens (including phenoxy) is 2. The number of rotatable bonds is 11. The number of hydrogen-bond acceptors (Lipinski definition) is 7. The molecule has 40 heavy (non-hydrogen) atoms. The second-order valence-corrected chi connectivity index (χ2v) is 13.5. The number of aryl methyl sites for hydroxylation is 2. The van der Waals surface area contributed by atoms with E-state index in [-0.39, 0.29) is 48.4 Å². The minimum Gasteiger partial charge on any atom is -0.497 e. The van der Waals surface area contributed by atoms with E-state index in [1.807, 2.05) is 4.90 Å². The number of carbonyl (C=O) groups excluding carboxylic acids is 2. The van der Waals surface area contributed by atoms with Crippen molar-refractivity contribution in [3.05, 3.63) is 23.3 Å². The summed E-state index contributed by atoms with van der Waals surface area (Å²) in [5.74, 6) is 0.781. The molecule has 0 aromatic heterocycles. The van der Waals surface area contributed by atoms with Gasteiger partial charge in [0.2, 0.25) is 21.8 Å². The fourth-order valence-corrected chi connectivity index (χ4v) is 7.47. The Balaban J connectivity index is 1.42. The first-order chi connectivity index (χ1) is 18.9. The molecular weight excluding hydrogens is 532 g/mol. The molecule has 1 aromatic rings. The fraction of sp³-hybridized carbons (Fsp3) is 0.724. The zero-order chi connectivity index (χ0) is 29.6. The van der Waals surface area contributed by atoms with Crippen LogP contribution in [0.1, 0.15) is 49.7 Å². The number of amides is 2. The lowest BCUT2D eigenvalue weighted by Gasteiger charge is -2.40. The summed E-state index contributed by atoms with van der Waals surface area (Å²) in [7, 11) is 5.28. The number of methoxy groups -OCH3 is 1. The number of carbonyl (C=O) groups is 2. The number of likely N-dealkylation sites (N-methyl/N-ethyl adjacent to an activating group) is 3. The van der Waals surface area contributed by atoms with Gasteiger partial charge in [-0.2, -0.15) is 4.31 Å². The fourth-order valence-electron chi connectivity index (χ4n) is 5.91. The molecule has 10 nitrogen and oxygen atoms in total. The molecule has 0 N–H and O–H groups in total. The number of nitrogens with zero attached hydrogens (tertiary/aromatic N) is 4. The first-order valence-electron chi connectivity index (χ1n) is 14.3. The quantitative estimate of drug-likeness (QED) is 0.371. The molecule has 2 aliphatic rings. The van der Waals surface area contributed by atoms with Crippen LogP contribution in [0.3, 0.4) is 0 Å². The van der Waals surface area contributed by atoms with Crippen LogP contribution >= 0.6 is 0 Å².